The summed E-state index contributed by atoms with van der Waals surface area (Å²) < 4.78 is 5.39. The number of rotatable bonds is 0. The van der Waals surface area contributed by atoms with Crippen LogP contribution in [0.25, 0.3) is 0 Å². The third-order valence-corrected chi connectivity index (χ3v) is 4.19. The molecule has 4 nitrogen and oxygen atoms in total. The molecule has 0 fully saturated rings. The van der Waals surface area contributed by atoms with Crippen LogP contribution >= 0.6 is 0 Å². The van der Waals surface area contributed by atoms with Gasteiger partial charge in [0.05, 0.1) is 11.7 Å². The Morgan fingerprint density at radius 2 is 2.00 bits per heavy atom. The van der Waals surface area contributed by atoms with E-state index in [0.29, 0.717) is 12.8 Å². The molecule has 120 valence electrons. The minimum Gasteiger partial charge on any atom is -0.462 e. The quantitative estimate of drug-likeness (QED) is 0.675. The van der Waals surface area contributed by atoms with Crippen molar-refractivity contribution >= 4 is 5.97 Å². The van der Waals surface area contributed by atoms with Gasteiger partial charge in [-0.15, -0.1) is 0 Å². The summed E-state index contributed by atoms with van der Waals surface area (Å²) in [7, 11) is 0. The molecular weight excluding hydrogens is 268 g/mol. The summed E-state index contributed by atoms with van der Waals surface area (Å²) in [5, 5.41) is 20.3. The topological polar surface area (TPSA) is 66.8 Å². The smallest absolute Gasteiger partial charge is 0.306 e. The van der Waals surface area contributed by atoms with Gasteiger partial charge in [-0.1, -0.05) is 25.2 Å². The van der Waals surface area contributed by atoms with Crippen molar-refractivity contribution in [3.05, 3.63) is 23.8 Å². The Hall–Kier alpha value is -1.13. The number of hydrogen-bond donors (Lipinski definition) is 2. The molecule has 1 aliphatic heterocycles. The molecule has 1 rings (SSSR count). The Morgan fingerprint density at radius 1 is 1.33 bits per heavy atom. The highest BCUT2D eigenvalue weighted by Gasteiger charge is 2.22. The second kappa shape index (κ2) is 7.76. The van der Waals surface area contributed by atoms with Gasteiger partial charge in [0.2, 0.25) is 0 Å². The fourth-order valence-electron chi connectivity index (χ4n) is 2.22. The number of allylic oxidation sites excluding steroid dienone is 2. The molecule has 1 heterocycles. The fraction of sp³-hybridized carbons (Fsp3) is 0.706. The number of carbonyl (C=O) groups excluding carboxylic acids is 1. The monoisotopic (exact) mass is 296 g/mol. The zero-order valence-electron chi connectivity index (χ0n) is 13.5. The predicted molar refractivity (Wildman–Crippen MR) is 82.7 cm³/mol. The van der Waals surface area contributed by atoms with Crippen molar-refractivity contribution in [3.8, 4) is 0 Å². The lowest BCUT2D eigenvalue weighted by molar-refractivity contribution is -0.151. The van der Waals surface area contributed by atoms with Crippen LogP contribution in [-0.2, 0) is 9.53 Å². The first-order chi connectivity index (χ1) is 9.71. The maximum absolute atomic E-state index is 11.8. The van der Waals surface area contributed by atoms with Gasteiger partial charge in [-0.25, -0.2) is 0 Å². The number of cyclic esters (lactones) is 1. The minimum absolute atomic E-state index is 0.183. The summed E-state index contributed by atoms with van der Waals surface area (Å²) in [6.45, 7) is 7.44. The molecule has 0 amide bonds. The molecule has 0 aromatic heterocycles. The molecule has 0 aromatic rings. The van der Waals surface area contributed by atoms with Crippen LogP contribution in [0.1, 0.15) is 53.4 Å². The maximum Gasteiger partial charge on any atom is 0.306 e. The highest BCUT2D eigenvalue weighted by molar-refractivity contribution is 5.69. The third-order valence-electron chi connectivity index (χ3n) is 4.19. The van der Waals surface area contributed by atoms with E-state index in [1.54, 1.807) is 19.1 Å². The van der Waals surface area contributed by atoms with Crippen molar-refractivity contribution < 1.29 is 19.7 Å². The van der Waals surface area contributed by atoms with E-state index in [1.165, 1.54) is 0 Å². The van der Waals surface area contributed by atoms with Gasteiger partial charge in [0.1, 0.15) is 6.10 Å². The maximum atomic E-state index is 11.8. The number of esters is 1. The Balaban J connectivity index is 2.88. The zero-order chi connectivity index (χ0) is 16.0. The number of hydrogen-bond acceptors (Lipinski definition) is 4. The summed E-state index contributed by atoms with van der Waals surface area (Å²) >= 11 is 0. The SMILES string of the molecule is CC1=CC=CC(C)(O)CCC(=O)OC(C)C(C)CCC1O. The number of ether oxygens (including phenoxy) is 1. The zero-order valence-corrected chi connectivity index (χ0v) is 13.5. The molecule has 0 saturated heterocycles. The molecule has 0 spiro atoms. The first kappa shape index (κ1) is 17.9. The van der Waals surface area contributed by atoms with Gasteiger partial charge in [0.15, 0.2) is 0 Å². The summed E-state index contributed by atoms with van der Waals surface area (Å²) in [6, 6.07) is 0. The van der Waals surface area contributed by atoms with Gasteiger partial charge in [-0.2, -0.15) is 0 Å². The second-order valence-corrected chi connectivity index (χ2v) is 6.39. The van der Waals surface area contributed by atoms with E-state index < -0.39 is 11.7 Å². The van der Waals surface area contributed by atoms with E-state index >= 15 is 0 Å². The van der Waals surface area contributed by atoms with Crippen LogP contribution in [0.2, 0.25) is 0 Å². The van der Waals surface area contributed by atoms with Gasteiger partial charge in [0.25, 0.3) is 0 Å². The van der Waals surface area contributed by atoms with Crippen LogP contribution in [0.3, 0.4) is 0 Å². The van der Waals surface area contributed by atoms with Gasteiger partial charge in [-0.3, -0.25) is 4.79 Å². The first-order valence-electron chi connectivity index (χ1n) is 7.67. The Labute approximate surface area is 127 Å². The van der Waals surface area contributed by atoms with Gasteiger partial charge in [0, 0.05) is 6.42 Å². The van der Waals surface area contributed by atoms with Crippen molar-refractivity contribution in [2.75, 3.05) is 0 Å². The van der Waals surface area contributed by atoms with Crippen LogP contribution in [0, 0.1) is 5.92 Å². The van der Waals surface area contributed by atoms with E-state index in [0.717, 1.165) is 12.0 Å². The van der Waals surface area contributed by atoms with Crippen molar-refractivity contribution in [1.82, 2.24) is 0 Å². The lowest BCUT2D eigenvalue weighted by atomic mass is 9.94. The molecule has 4 unspecified atom stereocenters. The Morgan fingerprint density at radius 3 is 2.67 bits per heavy atom. The number of aliphatic hydroxyl groups is 2. The van der Waals surface area contributed by atoms with Crippen LogP contribution in [-0.4, -0.2) is 34.0 Å². The Kier molecular flexibility index (Phi) is 6.62. The minimum atomic E-state index is -1.06. The normalized spacial score (nSPS) is 36.6. The van der Waals surface area contributed by atoms with Crippen molar-refractivity contribution in [2.45, 2.75) is 71.2 Å². The van der Waals surface area contributed by atoms with Crippen molar-refractivity contribution in [1.29, 1.82) is 0 Å². The molecule has 4 heteroatoms. The molecular formula is C17H28O4. The third kappa shape index (κ3) is 6.44. The average molecular weight is 296 g/mol. The van der Waals surface area contributed by atoms with E-state index in [9.17, 15) is 15.0 Å². The van der Waals surface area contributed by atoms with Crippen LogP contribution < -0.4 is 0 Å². The number of aliphatic hydroxyl groups excluding tert-OH is 1. The fourth-order valence-corrected chi connectivity index (χ4v) is 2.22. The summed E-state index contributed by atoms with van der Waals surface area (Å²) in [4.78, 5) is 11.8. The largest absolute Gasteiger partial charge is 0.462 e. The van der Waals surface area contributed by atoms with E-state index in [1.807, 2.05) is 26.8 Å². The molecule has 2 N–H and O–H groups in total. The van der Waals surface area contributed by atoms with Gasteiger partial charge < -0.3 is 14.9 Å². The molecule has 0 aliphatic carbocycles. The molecule has 1 aliphatic rings. The molecule has 21 heavy (non-hydrogen) atoms. The molecule has 0 bridgehead atoms. The van der Waals surface area contributed by atoms with Gasteiger partial charge in [-0.05, 0) is 51.5 Å². The molecule has 4 atom stereocenters. The molecule has 0 saturated carbocycles. The summed E-state index contributed by atoms with van der Waals surface area (Å²) in [5.41, 5.74) is -0.185. The van der Waals surface area contributed by atoms with Crippen molar-refractivity contribution in [2.24, 2.45) is 5.92 Å². The van der Waals surface area contributed by atoms with Crippen LogP contribution in [0.15, 0.2) is 23.8 Å². The van der Waals surface area contributed by atoms with Crippen molar-refractivity contribution in [3.63, 3.8) is 0 Å². The lowest BCUT2D eigenvalue weighted by Crippen LogP contribution is -2.26. The summed E-state index contributed by atoms with van der Waals surface area (Å²) in [6.07, 6.45) is 6.45. The molecule has 0 radical (unpaired) electrons. The molecule has 0 aromatic carbocycles. The average Bonchev–Trinajstić information content (AvgIpc) is 2.41. The Bertz CT molecular complexity index is 409. The lowest BCUT2D eigenvalue weighted by Gasteiger charge is -2.24. The van der Waals surface area contributed by atoms with Crippen LogP contribution in [0.4, 0.5) is 0 Å². The summed E-state index contributed by atoms with van der Waals surface area (Å²) in [5.74, 6) is -0.0947. The van der Waals surface area contributed by atoms with E-state index in [4.69, 9.17) is 4.74 Å². The highest BCUT2D eigenvalue weighted by Crippen LogP contribution is 2.21. The number of carbonyl (C=O) groups is 1. The first-order valence-corrected chi connectivity index (χ1v) is 7.67. The predicted octanol–water partition coefficient (Wildman–Crippen LogP) is 2.74. The van der Waals surface area contributed by atoms with E-state index in [2.05, 4.69) is 0 Å². The van der Waals surface area contributed by atoms with Crippen LogP contribution in [0.5, 0.6) is 0 Å². The second-order valence-electron chi connectivity index (χ2n) is 6.39. The van der Waals surface area contributed by atoms with Gasteiger partial charge >= 0.3 is 5.97 Å². The highest BCUT2D eigenvalue weighted by atomic mass is 16.5. The standard InChI is InChI=1S/C17H28O4/c1-12-7-8-15(18)13(2)6-5-10-17(4,20)11-9-16(19)21-14(12)3/h5-6,10,12,14-15,18,20H,7-9,11H2,1-4H3. The van der Waals surface area contributed by atoms with E-state index in [-0.39, 0.29) is 24.4 Å².